The smallest absolute Gasteiger partial charge is 0.173 e. The normalized spacial score (nSPS) is 14.5. The second-order valence-corrected chi connectivity index (χ2v) is 5.75. The highest BCUT2D eigenvalue weighted by atomic mass is 16.6. The lowest BCUT2D eigenvalue weighted by molar-refractivity contribution is 0.357. The number of hydrogen-bond acceptors (Lipinski definition) is 2. The van der Waals surface area contributed by atoms with Gasteiger partial charge < -0.3 is 9.47 Å². The molecule has 0 spiro atoms. The van der Waals surface area contributed by atoms with Gasteiger partial charge in [-0.25, -0.2) is 0 Å². The minimum Gasteiger partial charge on any atom is -0.449 e. The fraction of sp³-hybridized carbons (Fsp3) is 0.100. The van der Waals surface area contributed by atoms with Crippen LogP contribution >= 0.6 is 0 Å². The lowest BCUT2D eigenvalue weighted by Crippen LogP contribution is -2.05. The van der Waals surface area contributed by atoms with Gasteiger partial charge in [-0.2, -0.15) is 0 Å². The first-order valence-corrected chi connectivity index (χ1v) is 7.59. The second kappa shape index (κ2) is 4.38. The van der Waals surface area contributed by atoms with Crippen molar-refractivity contribution in [3.63, 3.8) is 0 Å². The highest BCUT2D eigenvalue weighted by Crippen LogP contribution is 2.49. The molecule has 0 N–H and O–H groups in total. The first-order chi connectivity index (χ1) is 10.9. The first kappa shape index (κ1) is 11.9. The zero-order chi connectivity index (χ0) is 14.5. The first-order valence-electron chi connectivity index (χ1n) is 7.59. The Morgan fingerprint density at radius 2 is 1.55 bits per heavy atom. The van der Waals surface area contributed by atoms with Gasteiger partial charge in [-0.3, -0.25) is 0 Å². The Kier molecular flexibility index (Phi) is 2.36. The topological polar surface area (TPSA) is 18.5 Å². The Hall–Kier alpha value is -2.74. The van der Waals surface area contributed by atoms with Crippen molar-refractivity contribution < 1.29 is 9.47 Å². The van der Waals surface area contributed by atoms with Gasteiger partial charge in [-0.05, 0) is 47.4 Å². The van der Waals surface area contributed by atoms with Crippen LogP contribution in [0.1, 0.15) is 17.5 Å². The highest BCUT2D eigenvalue weighted by Gasteiger charge is 2.24. The molecule has 22 heavy (non-hydrogen) atoms. The molecule has 106 valence electrons. The van der Waals surface area contributed by atoms with Crippen molar-refractivity contribution in [2.75, 3.05) is 0 Å². The van der Waals surface area contributed by atoms with E-state index in [0.29, 0.717) is 0 Å². The number of fused-ring (bicyclic) bond motifs is 5. The lowest BCUT2D eigenvalue weighted by atomic mass is 9.95. The van der Waals surface area contributed by atoms with Crippen LogP contribution in [-0.4, -0.2) is 0 Å². The van der Waals surface area contributed by atoms with Crippen LogP contribution in [0.3, 0.4) is 0 Å². The lowest BCUT2D eigenvalue weighted by Gasteiger charge is -2.25. The number of ether oxygens (including phenoxy) is 2. The Bertz CT molecular complexity index is 938. The van der Waals surface area contributed by atoms with Crippen molar-refractivity contribution >= 4 is 16.8 Å². The zero-order valence-electron chi connectivity index (χ0n) is 12.0. The van der Waals surface area contributed by atoms with Gasteiger partial charge in [0.1, 0.15) is 0 Å². The Balaban J connectivity index is 1.69. The number of allylic oxidation sites excluding steroid dienone is 1. The van der Waals surface area contributed by atoms with Crippen LogP contribution < -0.4 is 9.47 Å². The summed E-state index contributed by atoms with van der Waals surface area (Å²) in [6.07, 6.45) is 6.43. The number of hydrogen-bond donors (Lipinski definition) is 0. The third kappa shape index (κ3) is 1.67. The van der Waals surface area contributed by atoms with E-state index in [1.54, 1.807) is 0 Å². The molecular formula is C20H14O2. The van der Waals surface area contributed by atoms with Gasteiger partial charge in [0, 0.05) is 5.56 Å². The summed E-state index contributed by atoms with van der Waals surface area (Å²) in [5, 5.41) is 2.33. The minimum atomic E-state index is 0.789. The summed E-state index contributed by atoms with van der Waals surface area (Å²) in [6, 6.07) is 16.5. The quantitative estimate of drug-likeness (QED) is 0.413. The number of benzene rings is 3. The van der Waals surface area contributed by atoms with Crippen molar-refractivity contribution in [2.45, 2.75) is 12.8 Å². The molecule has 0 amide bonds. The molecule has 0 saturated heterocycles. The van der Waals surface area contributed by atoms with Crippen LogP contribution in [0.2, 0.25) is 0 Å². The van der Waals surface area contributed by atoms with Gasteiger partial charge >= 0.3 is 0 Å². The molecule has 1 aliphatic carbocycles. The van der Waals surface area contributed by atoms with Crippen LogP contribution in [0, 0.1) is 0 Å². The maximum absolute atomic E-state index is 6.23. The molecule has 2 nitrogen and oxygen atoms in total. The van der Waals surface area contributed by atoms with Gasteiger partial charge in [0.25, 0.3) is 0 Å². The van der Waals surface area contributed by atoms with Crippen LogP contribution in [0.5, 0.6) is 23.0 Å². The molecule has 0 atom stereocenters. The second-order valence-electron chi connectivity index (χ2n) is 5.75. The zero-order valence-corrected chi connectivity index (χ0v) is 12.0. The van der Waals surface area contributed by atoms with Crippen molar-refractivity contribution in [1.29, 1.82) is 0 Å². The van der Waals surface area contributed by atoms with Crippen LogP contribution in [0.4, 0.5) is 0 Å². The summed E-state index contributed by atoms with van der Waals surface area (Å²) in [7, 11) is 0. The van der Waals surface area contributed by atoms with E-state index < -0.39 is 0 Å². The molecule has 0 bridgehead atoms. The van der Waals surface area contributed by atoms with Gasteiger partial charge in [-0.1, -0.05) is 42.5 Å². The van der Waals surface area contributed by atoms with E-state index in [2.05, 4.69) is 36.4 Å². The molecule has 1 heterocycles. The van der Waals surface area contributed by atoms with Crippen LogP contribution in [-0.2, 0) is 6.42 Å². The van der Waals surface area contributed by atoms with E-state index in [0.717, 1.165) is 46.6 Å². The molecule has 0 aromatic heterocycles. The summed E-state index contributed by atoms with van der Waals surface area (Å²) in [5.74, 6) is 3.29. The Morgan fingerprint density at radius 1 is 0.773 bits per heavy atom. The Morgan fingerprint density at radius 3 is 2.36 bits per heavy atom. The van der Waals surface area contributed by atoms with E-state index in [1.165, 1.54) is 11.1 Å². The fourth-order valence-electron chi connectivity index (χ4n) is 3.25. The van der Waals surface area contributed by atoms with Crippen LogP contribution in [0.15, 0.2) is 54.6 Å². The maximum Gasteiger partial charge on any atom is 0.173 e. The summed E-state index contributed by atoms with van der Waals surface area (Å²) < 4.78 is 12.3. The van der Waals surface area contributed by atoms with E-state index in [4.69, 9.17) is 9.47 Å². The molecule has 5 rings (SSSR count). The monoisotopic (exact) mass is 286 g/mol. The predicted molar refractivity (Wildman–Crippen MR) is 87.9 cm³/mol. The van der Waals surface area contributed by atoms with E-state index >= 15 is 0 Å². The molecule has 2 aliphatic rings. The molecule has 2 heteroatoms. The third-order valence-electron chi connectivity index (χ3n) is 4.36. The molecular weight excluding hydrogens is 272 g/mol. The molecule has 1 aliphatic heterocycles. The summed E-state index contributed by atoms with van der Waals surface area (Å²) in [5.41, 5.74) is 2.48. The van der Waals surface area contributed by atoms with Crippen LogP contribution in [0.25, 0.3) is 16.8 Å². The van der Waals surface area contributed by atoms with Crippen molar-refractivity contribution in [1.82, 2.24) is 0 Å². The molecule has 3 aromatic rings. The third-order valence-corrected chi connectivity index (χ3v) is 4.36. The number of rotatable bonds is 0. The maximum atomic E-state index is 6.23. The minimum absolute atomic E-state index is 0.789. The van der Waals surface area contributed by atoms with E-state index in [-0.39, 0.29) is 0 Å². The van der Waals surface area contributed by atoms with Gasteiger partial charge in [0.2, 0.25) is 0 Å². The summed E-state index contributed by atoms with van der Waals surface area (Å²) >= 11 is 0. The molecule has 3 aromatic carbocycles. The largest absolute Gasteiger partial charge is 0.449 e. The predicted octanol–water partition coefficient (Wildman–Crippen LogP) is 5.70. The molecule has 0 radical (unpaired) electrons. The average molecular weight is 286 g/mol. The molecule has 0 saturated carbocycles. The molecule has 0 fully saturated rings. The van der Waals surface area contributed by atoms with Crippen molar-refractivity contribution in [2.24, 2.45) is 0 Å². The van der Waals surface area contributed by atoms with E-state index in [1.807, 2.05) is 24.3 Å². The van der Waals surface area contributed by atoms with Gasteiger partial charge in [0.05, 0.1) is 0 Å². The van der Waals surface area contributed by atoms with Crippen molar-refractivity contribution in [3.05, 3.63) is 65.7 Å². The average Bonchev–Trinajstić information content (AvgIpc) is 2.58. The standard InChI is InChI=1S/C20H14O2/c1-2-7-15-12-19-18(11-14(15)6-1)21-17-10-9-13-5-3-4-8-16(13)20(17)22-19/h1-3,5-7,9-12H,4,8H2. The summed E-state index contributed by atoms with van der Waals surface area (Å²) in [4.78, 5) is 0. The van der Waals surface area contributed by atoms with Gasteiger partial charge in [0.15, 0.2) is 23.0 Å². The van der Waals surface area contributed by atoms with E-state index in [9.17, 15) is 0 Å². The summed E-state index contributed by atoms with van der Waals surface area (Å²) in [6.45, 7) is 0. The fourth-order valence-corrected chi connectivity index (χ4v) is 3.25. The van der Waals surface area contributed by atoms with Gasteiger partial charge in [-0.15, -0.1) is 0 Å². The molecule has 0 unspecified atom stereocenters. The highest BCUT2D eigenvalue weighted by molar-refractivity contribution is 5.86. The Labute approximate surface area is 128 Å². The SMILES string of the molecule is C1=Cc2ccc3c(c2CC1)Oc1cc2ccccc2cc1O3. The van der Waals surface area contributed by atoms with Crippen molar-refractivity contribution in [3.8, 4) is 23.0 Å².